The molecule has 1 N–H and O–H groups in total. The molecule has 1 aromatic carbocycles. The van der Waals surface area contributed by atoms with Crippen LogP contribution in [0.3, 0.4) is 0 Å². The minimum absolute atomic E-state index is 0.0791. The van der Waals surface area contributed by atoms with Gasteiger partial charge in [0.05, 0.1) is 0 Å². The first-order valence-electron chi connectivity index (χ1n) is 3.60. The minimum atomic E-state index is -0.0791. The van der Waals surface area contributed by atoms with E-state index in [0.29, 0.717) is 0 Å². The predicted octanol–water partition coefficient (Wildman–Crippen LogP) is 1.75. The monoisotopic (exact) mass is 178 g/mol. The van der Waals surface area contributed by atoms with E-state index in [4.69, 9.17) is 5.11 Å². The average Bonchev–Trinajstić information content (AvgIpc) is 2.15. The summed E-state index contributed by atoms with van der Waals surface area (Å²) in [6.07, 6.45) is 2.04. The Hall–Kier alpha value is -0.910. The first-order valence-corrected chi connectivity index (χ1v) is 4.83. The van der Waals surface area contributed by atoms with Gasteiger partial charge >= 0.3 is 0 Å². The summed E-state index contributed by atoms with van der Waals surface area (Å²) in [6, 6.07) is 7.95. The number of aliphatic hydroxyl groups excluding tert-OH is 1. The third-order valence-corrected chi connectivity index (χ3v) is 2.15. The van der Waals surface area contributed by atoms with Crippen molar-refractivity contribution in [3.05, 3.63) is 29.8 Å². The Bertz CT molecular complexity index is 292. The van der Waals surface area contributed by atoms with E-state index in [1.165, 1.54) is 4.90 Å². The normalized spacial score (nSPS) is 8.83. The van der Waals surface area contributed by atoms with Crippen LogP contribution in [0, 0.1) is 11.8 Å². The topological polar surface area (TPSA) is 20.2 Å². The van der Waals surface area contributed by atoms with Crippen molar-refractivity contribution in [2.24, 2.45) is 0 Å². The summed E-state index contributed by atoms with van der Waals surface area (Å²) in [6.45, 7) is -0.0791. The Labute approximate surface area is 76.8 Å². The van der Waals surface area contributed by atoms with E-state index < -0.39 is 0 Å². The van der Waals surface area contributed by atoms with Gasteiger partial charge in [-0.1, -0.05) is 11.8 Å². The molecule has 1 rings (SSSR count). The molecule has 0 radical (unpaired) electrons. The van der Waals surface area contributed by atoms with Gasteiger partial charge in [-0.25, -0.2) is 0 Å². The predicted molar refractivity (Wildman–Crippen MR) is 52.2 cm³/mol. The number of aliphatic hydroxyl groups is 1. The average molecular weight is 178 g/mol. The maximum absolute atomic E-state index is 8.45. The van der Waals surface area contributed by atoms with E-state index in [9.17, 15) is 0 Å². The standard InChI is InChI=1S/C10H10OS/c1-12-10-6-4-9(5-7-10)3-2-8-11/h4-7,11H,8H2,1H3. The number of hydrogen-bond acceptors (Lipinski definition) is 2. The summed E-state index contributed by atoms with van der Waals surface area (Å²) in [5.41, 5.74) is 0.946. The van der Waals surface area contributed by atoms with E-state index in [-0.39, 0.29) is 6.61 Å². The molecule has 2 heteroatoms. The van der Waals surface area contributed by atoms with Gasteiger partial charge in [-0.05, 0) is 30.5 Å². The first kappa shape index (κ1) is 9.18. The molecule has 0 saturated carbocycles. The fourth-order valence-corrected chi connectivity index (χ4v) is 1.22. The zero-order chi connectivity index (χ0) is 8.81. The summed E-state index contributed by atoms with van der Waals surface area (Å²) < 4.78 is 0. The molecule has 1 aromatic rings. The molecule has 0 aliphatic heterocycles. The zero-order valence-electron chi connectivity index (χ0n) is 6.87. The van der Waals surface area contributed by atoms with E-state index in [1.54, 1.807) is 11.8 Å². The highest BCUT2D eigenvalue weighted by Gasteiger charge is 1.88. The Kier molecular flexibility index (Phi) is 3.72. The molecule has 0 spiro atoms. The van der Waals surface area contributed by atoms with Crippen LogP contribution in [-0.4, -0.2) is 18.0 Å². The largest absolute Gasteiger partial charge is 0.384 e. The zero-order valence-corrected chi connectivity index (χ0v) is 7.69. The van der Waals surface area contributed by atoms with Gasteiger partial charge < -0.3 is 5.11 Å². The third-order valence-electron chi connectivity index (χ3n) is 1.40. The van der Waals surface area contributed by atoms with Crippen molar-refractivity contribution in [3.63, 3.8) is 0 Å². The van der Waals surface area contributed by atoms with Gasteiger partial charge in [0.25, 0.3) is 0 Å². The van der Waals surface area contributed by atoms with Crippen molar-refractivity contribution in [3.8, 4) is 11.8 Å². The lowest BCUT2D eigenvalue weighted by Crippen LogP contribution is -1.76. The summed E-state index contributed by atoms with van der Waals surface area (Å²) >= 11 is 1.70. The smallest absolute Gasteiger partial charge is 0.104 e. The van der Waals surface area contributed by atoms with Crippen LogP contribution in [0.2, 0.25) is 0 Å². The van der Waals surface area contributed by atoms with Crippen LogP contribution >= 0.6 is 11.8 Å². The van der Waals surface area contributed by atoms with E-state index in [1.807, 2.05) is 30.5 Å². The molecule has 1 nitrogen and oxygen atoms in total. The highest BCUT2D eigenvalue weighted by Crippen LogP contribution is 2.13. The summed E-state index contributed by atoms with van der Waals surface area (Å²) in [4.78, 5) is 1.23. The maximum atomic E-state index is 8.45. The number of rotatable bonds is 1. The lowest BCUT2D eigenvalue weighted by atomic mass is 10.2. The molecule has 0 amide bonds. The molecule has 0 aliphatic carbocycles. The summed E-state index contributed by atoms with van der Waals surface area (Å²) in [5.74, 6) is 5.44. The molecule has 0 heterocycles. The second-order valence-electron chi connectivity index (χ2n) is 2.19. The van der Waals surface area contributed by atoms with Gasteiger partial charge in [-0.2, -0.15) is 0 Å². The van der Waals surface area contributed by atoms with Crippen LogP contribution in [0.1, 0.15) is 5.56 Å². The van der Waals surface area contributed by atoms with E-state index in [2.05, 4.69) is 11.8 Å². The second kappa shape index (κ2) is 4.87. The van der Waals surface area contributed by atoms with E-state index >= 15 is 0 Å². The van der Waals surface area contributed by atoms with Crippen molar-refractivity contribution >= 4 is 11.8 Å². The van der Waals surface area contributed by atoms with Crippen LogP contribution in [-0.2, 0) is 0 Å². The lowest BCUT2D eigenvalue weighted by Gasteiger charge is -1.94. The molecular formula is C10H10OS. The Morgan fingerprint density at radius 3 is 2.50 bits per heavy atom. The number of hydrogen-bond donors (Lipinski definition) is 1. The van der Waals surface area contributed by atoms with Crippen LogP contribution in [0.5, 0.6) is 0 Å². The van der Waals surface area contributed by atoms with Gasteiger partial charge in [-0.3, -0.25) is 0 Å². The molecule has 0 unspecified atom stereocenters. The minimum Gasteiger partial charge on any atom is -0.384 e. The van der Waals surface area contributed by atoms with E-state index in [0.717, 1.165) is 5.56 Å². The third kappa shape index (κ3) is 2.61. The van der Waals surface area contributed by atoms with Crippen molar-refractivity contribution in [1.82, 2.24) is 0 Å². The van der Waals surface area contributed by atoms with Crippen LogP contribution < -0.4 is 0 Å². The van der Waals surface area contributed by atoms with Gasteiger partial charge in [0.1, 0.15) is 6.61 Å². The SMILES string of the molecule is CSc1ccc(C#CCO)cc1. The Morgan fingerprint density at radius 2 is 2.00 bits per heavy atom. The molecule has 12 heavy (non-hydrogen) atoms. The quantitative estimate of drug-likeness (QED) is 0.522. The van der Waals surface area contributed by atoms with Gasteiger partial charge in [0, 0.05) is 10.5 Å². The summed E-state index contributed by atoms with van der Waals surface area (Å²) in [7, 11) is 0. The maximum Gasteiger partial charge on any atom is 0.104 e. The molecule has 62 valence electrons. The molecule has 0 atom stereocenters. The summed E-state index contributed by atoms with van der Waals surface area (Å²) in [5, 5.41) is 8.45. The number of thioether (sulfide) groups is 1. The molecule has 0 aromatic heterocycles. The lowest BCUT2D eigenvalue weighted by molar-refractivity contribution is 0.350. The van der Waals surface area contributed by atoms with Crippen LogP contribution in [0.25, 0.3) is 0 Å². The fraction of sp³-hybridized carbons (Fsp3) is 0.200. The Balaban J connectivity index is 2.78. The van der Waals surface area contributed by atoms with Crippen LogP contribution in [0.15, 0.2) is 29.2 Å². The second-order valence-corrected chi connectivity index (χ2v) is 3.07. The van der Waals surface area contributed by atoms with Crippen LogP contribution in [0.4, 0.5) is 0 Å². The van der Waals surface area contributed by atoms with Crippen molar-refractivity contribution in [1.29, 1.82) is 0 Å². The van der Waals surface area contributed by atoms with Crippen molar-refractivity contribution in [2.75, 3.05) is 12.9 Å². The van der Waals surface area contributed by atoms with Gasteiger partial charge in [-0.15, -0.1) is 11.8 Å². The van der Waals surface area contributed by atoms with Crippen molar-refractivity contribution in [2.45, 2.75) is 4.90 Å². The van der Waals surface area contributed by atoms with Gasteiger partial charge in [0.15, 0.2) is 0 Å². The highest BCUT2D eigenvalue weighted by atomic mass is 32.2. The Morgan fingerprint density at radius 1 is 1.33 bits per heavy atom. The molecule has 0 saturated heterocycles. The molecular weight excluding hydrogens is 168 g/mol. The van der Waals surface area contributed by atoms with Gasteiger partial charge in [0.2, 0.25) is 0 Å². The fourth-order valence-electron chi connectivity index (χ4n) is 0.816. The molecule has 0 fully saturated rings. The molecule has 0 bridgehead atoms. The highest BCUT2D eigenvalue weighted by molar-refractivity contribution is 7.98. The van der Waals surface area contributed by atoms with Crippen molar-refractivity contribution < 1.29 is 5.11 Å². The number of benzene rings is 1. The molecule has 0 aliphatic rings. The first-order chi connectivity index (χ1) is 5.86.